The van der Waals surface area contributed by atoms with Gasteiger partial charge >= 0.3 is 0 Å². The van der Waals surface area contributed by atoms with Crippen molar-refractivity contribution in [3.63, 3.8) is 0 Å². The highest BCUT2D eigenvalue weighted by molar-refractivity contribution is 6.28. The minimum Gasteiger partial charge on any atom is -0.456 e. The molecule has 1 aliphatic rings. The minimum absolute atomic E-state index is 0.0186. The molecule has 0 fully saturated rings. The molecular weight excluding hydrogens is 715 g/mol. The van der Waals surface area contributed by atoms with Gasteiger partial charge in [0, 0.05) is 33.8 Å². The number of hydrogen-bond acceptors (Lipinski definition) is 2. The van der Waals surface area contributed by atoms with E-state index >= 15 is 0 Å². The largest absolute Gasteiger partial charge is 0.456 e. The number of rotatable bonds is 5. The lowest BCUT2D eigenvalue weighted by Crippen LogP contribution is -2.42. The first-order chi connectivity index (χ1) is 28.5. The van der Waals surface area contributed by atoms with Gasteiger partial charge in [-0.1, -0.05) is 169 Å². The zero-order valence-corrected chi connectivity index (χ0v) is 34.6. The van der Waals surface area contributed by atoms with Crippen molar-refractivity contribution >= 4 is 71.3 Å². The zero-order valence-electron chi connectivity index (χ0n) is 34.6. The molecule has 0 atom stereocenters. The van der Waals surface area contributed by atoms with Crippen molar-refractivity contribution in [1.82, 2.24) is 0 Å². The highest BCUT2D eigenvalue weighted by Gasteiger charge is 2.57. The average Bonchev–Trinajstić information content (AvgIpc) is 3.68. The van der Waals surface area contributed by atoms with E-state index in [-0.39, 0.29) is 16.2 Å². The number of fused-ring (bicyclic) bond motifs is 10. The minimum atomic E-state index is -0.105. The molecule has 0 amide bonds. The summed E-state index contributed by atoms with van der Waals surface area (Å²) in [5.74, 6) is 0. The van der Waals surface area contributed by atoms with Gasteiger partial charge in [-0.15, -0.1) is 0 Å². The fourth-order valence-electron chi connectivity index (χ4n) is 10.4. The van der Waals surface area contributed by atoms with E-state index in [4.69, 9.17) is 4.42 Å². The number of nitrogens with zero attached hydrogens (tertiary/aromatic N) is 1. The van der Waals surface area contributed by atoms with Gasteiger partial charge in [0.1, 0.15) is 11.2 Å². The molecule has 0 saturated carbocycles. The van der Waals surface area contributed by atoms with Crippen LogP contribution in [0.15, 0.2) is 180 Å². The molecule has 0 bridgehead atoms. The van der Waals surface area contributed by atoms with Crippen LogP contribution < -0.4 is 4.90 Å². The number of para-hydroxylation sites is 1. The Morgan fingerprint density at radius 1 is 0.373 bits per heavy atom. The van der Waals surface area contributed by atoms with E-state index < -0.39 is 0 Å². The Hall–Kier alpha value is -6.64. The second-order valence-corrected chi connectivity index (χ2v) is 18.1. The van der Waals surface area contributed by atoms with Gasteiger partial charge in [0.05, 0.1) is 5.69 Å². The maximum atomic E-state index is 6.59. The molecule has 0 N–H and O–H groups in total. The van der Waals surface area contributed by atoms with Crippen LogP contribution in [0.2, 0.25) is 0 Å². The van der Waals surface area contributed by atoms with Crippen molar-refractivity contribution in [3.8, 4) is 22.3 Å². The maximum Gasteiger partial charge on any atom is 0.137 e. The molecule has 0 radical (unpaired) electrons. The molecule has 2 nitrogen and oxygen atoms in total. The molecular formula is C57H47NO. The summed E-state index contributed by atoms with van der Waals surface area (Å²) in [5, 5.41) is 9.91. The topological polar surface area (TPSA) is 16.4 Å². The van der Waals surface area contributed by atoms with Crippen molar-refractivity contribution in [2.45, 2.75) is 52.4 Å². The lowest BCUT2D eigenvalue weighted by Gasteiger charge is -2.44. The Morgan fingerprint density at radius 3 is 1.56 bits per heavy atom. The maximum absolute atomic E-state index is 6.59. The normalized spacial score (nSPS) is 15.4. The molecule has 59 heavy (non-hydrogen) atoms. The highest BCUT2D eigenvalue weighted by atomic mass is 16.3. The van der Waals surface area contributed by atoms with Crippen LogP contribution in [0.3, 0.4) is 0 Å². The Morgan fingerprint density at radius 2 is 0.881 bits per heavy atom. The van der Waals surface area contributed by atoms with E-state index in [0.717, 1.165) is 39.0 Å². The summed E-state index contributed by atoms with van der Waals surface area (Å²) in [5.41, 5.74) is 12.5. The molecule has 11 rings (SSSR count). The molecule has 10 aromatic rings. The summed E-state index contributed by atoms with van der Waals surface area (Å²) in [4.78, 5) is 2.48. The van der Waals surface area contributed by atoms with Crippen molar-refractivity contribution in [2.75, 3.05) is 4.90 Å². The highest BCUT2D eigenvalue weighted by Crippen LogP contribution is 2.63. The smallest absolute Gasteiger partial charge is 0.137 e. The van der Waals surface area contributed by atoms with Gasteiger partial charge in [0.25, 0.3) is 0 Å². The monoisotopic (exact) mass is 761 g/mol. The molecule has 1 heterocycles. The van der Waals surface area contributed by atoms with Crippen LogP contribution in [-0.4, -0.2) is 0 Å². The standard InChI is InChI=1S/C57H47NO/c1-55(2)49-34-48(47-25-16-24-46-42-20-11-10-19-40(42)41-21-12-13-23-45(41)54(46)47)51(35-50(49)56(3,4)57(55,5)6)58(38-29-27-37(28-30-38)36-17-8-7-9-18-36)39-31-32-44-43-22-14-15-26-52(43)59-53(44)33-39/h7-35H,1-6H3. The molecule has 1 aliphatic carbocycles. The van der Waals surface area contributed by atoms with Gasteiger partial charge < -0.3 is 9.32 Å². The Labute approximate surface area is 346 Å². The number of anilines is 3. The molecule has 0 unspecified atom stereocenters. The first-order valence-corrected chi connectivity index (χ1v) is 20.9. The van der Waals surface area contributed by atoms with Gasteiger partial charge in [0.2, 0.25) is 0 Å². The third kappa shape index (κ3) is 5.05. The predicted octanol–water partition coefficient (Wildman–Crippen LogP) is 16.4. The lowest BCUT2D eigenvalue weighted by atomic mass is 9.59. The van der Waals surface area contributed by atoms with Gasteiger partial charge in [-0.05, 0) is 119 Å². The Kier molecular flexibility index (Phi) is 7.63. The fourth-order valence-corrected chi connectivity index (χ4v) is 10.4. The summed E-state index contributed by atoms with van der Waals surface area (Å²) in [6.07, 6.45) is 0. The van der Waals surface area contributed by atoms with Crippen LogP contribution in [-0.2, 0) is 10.8 Å². The van der Waals surface area contributed by atoms with Gasteiger partial charge in [0.15, 0.2) is 0 Å². The van der Waals surface area contributed by atoms with Crippen LogP contribution >= 0.6 is 0 Å². The average molecular weight is 762 g/mol. The molecule has 0 aliphatic heterocycles. The van der Waals surface area contributed by atoms with Crippen LogP contribution in [0.1, 0.15) is 52.7 Å². The van der Waals surface area contributed by atoms with E-state index in [0.29, 0.717) is 0 Å². The van der Waals surface area contributed by atoms with E-state index in [9.17, 15) is 0 Å². The van der Waals surface area contributed by atoms with Gasteiger partial charge in [-0.25, -0.2) is 0 Å². The van der Waals surface area contributed by atoms with Gasteiger partial charge in [-0.3, -0.25) is 0 Å². The summed E-state index contributed by atoms with van der Waals surface area (Å²) in [6, 6.07) is 64.7. The number of hydrogen-bond donors (Lipinski definition) is 0. The van der Waals surface area contributed by atoms with E-state index in [2.05, 4.69) is 216 Å². The molecule has 0 spiro atoms. The predicted molar refractivity (Wildman–Crippen MR) is 252 cm³/mol. The molecule has 2 heteroatoms. The van der Waals surface area contributed by atoms with Gasteiger partial charge in [-0.2, -0.15) is 0 Å². The molecule has 1 aromatic heterocycles. The summed E-state index contributed by atoms with van der Waals surface area (Å²) < 4.78 is 6.59. The summed E-state index contributed by atoms with van der Waals surface area (Å²) >= 11 is 0. The van der Waals surface area contributed by atoms with Crippen molar-refractivity contribution in [2.24, 2.45) is 5.41 Å². The second-order valence-electron chi connectivity index (χ2n) is 18.1. The SMILES string of the molecule is CC1(C)c2cc(-c3cccc4c5ccccc5c5ccccc5c34)c(N(c3ccc(-c4ccccc4)cc3)c3ccc4c(c3)oc3ccccc34)cc2C(C)(C)C1(C)C. The van der Waals surface area contributed by atoms with Crippen LogP contribution in [0.25, 0.3) is 76.5 Å². The van der Waals surface area contributed by atoms with Crippen molar-refractivity contribution in [1.29, 1.82) is 0 Å². The number of furan rings is 1. The molecule has 286 valence electrons. The fraction of sp³-hybridized carbons (Fsp3) is 0.158. The van der Waals surface area contributed by atoms with Crippen molar-refractivity contribution in [3.05, 3.63) is 187 Å². The van der Waals surface area contributed by atoms with Crippen LogP contribution in [0, 0.1) is 5.41 Å². The first-order valence-electron chi connectivity index (χ1n) is 20.9. The lowest BCUT2D eigenvalue weighted by molar-refractivity contribution is 0.125. The number of benzene rings is 9. The Balaban J connectivity index is 1.26. The molecule has 0 saturated heterocycles. The van der Waals surface area contributed by atoms with E-state index in [1.54, 1.807) is 0 Å². The van der Waals surface area contributed by atoms with Crippen LogP contribution in [0.4, 0.5) is 17.1 Å². The Bertz CT molecular complexity index is 3250. The quantitative estimate of drug-likeness (QED) is 0.162. The van der Waals surface area contributed by atoms with E-state index in [1.807, 2.05) is 6.07 Å². The molecule has 9 aromatic carbocycles. The van der Waals surface area contributed by atoms with Crippen molar-refractivity contribution < 1.29 is 4.42 Å². The third-order valence-electron chi connectivity index (χ3n) is 14.8. The van der Waals surface area contributed by atoms with Crippen LogP contribution in [0.5, 0.6) is 0 Å². The second kappa shape index (κ2) is 12.7. The first kappa shape index (κ1) is 35.5. The summed E-state index contributed by atoms with van der Waals surface area (Å²) in [7, 11) is 0. The zero-order chi connectivity index (χ0) is 40.3. The summed E-state index contributed by atoms with van der Waals surface area (Å²) in [6.45, 7) is 14.7. The third-order valence-corrected chi connectivity index (χ3v) is 14.8. The van der Waals surface area contributed by atoms with E-state index in [1.165, 1.54) is 65.7 Å².